The largest absolute Gasteiger partial charge is 0.484 e. The zero-order valence-electron chi connectivity index (χ0n) is 12.9. The van der Waals surface area contributed by atoms with Gasteiger partial charge in [0.25, 0.3) is 0 Å². The van der Waals surface area contributed by atoms with Crippen LogP contribution < -0.4 is 10.1 Å². The van der Waals surface area contributed by atoms with E-state index in [1.54, 1.807) is 18.2 Å². The van der Waals surface area contributed by atoms with Crippen LogP contribution in [0.5, 0.6) is 5.75 Å². The molecular weight excluding hydrogens is 256 g/mol. The van der Waals surface area contributed by atoms with Crippen LogP contribution in [0.1, 0.15) is 47.5 Å². The molecule has 0 atom stereocenters. The minimum absolute atomic E-state index is 0.00863. The van der Waals surface area contributed by atoms with E-state index in [2.05, 4.69) is 26.1 Å². The van der Waals surface area contributed by atoms with Crippen LogP contribution in [0.25, 0.3) is 0 Å². The number of nitrogens with zero attached hydrogens (tertiary/aromatic N) is 1. The topological polar surface area (TPSA) is 64.4 Å². The number of para-hydroxylation sites is 1. The normalized spacial score (nSPS) is 11.5. The van der Waals surface area contributed by atoms with Gasteiger partial charge in [0.05, 0.1) is 11.0 Å². The van der Waals surface area contributed by atoms with Gasteiger partial charge in [0, 0.05) is 5.54 Å². The summed E-state index contributed by atoms with van der Waals surface area (Å²) in [5, 5.41) is 14.7. The Labute approximate surface area is 120 Å². The molecule has 0 aliphatic carbocycles. The van der Waals surface area contributed by atoms with Crippen molar-refractivity contribution in [3.63, 3.8) is 0 Å². The fraction of sp³-hybridized carbons (Fsp3) is 0.600. The quantitative estimate of drug-likeness (QED) is 0.595. The van der Waals surface area contributed by atoms with Crippen molar-refractivity contribution < 1.29 is 9.66 Å². The summed E-state index contributed by atoms with van der Waals surface area (Å²) in [5.41, 5.74) is 0.356. The smallest absolute Gasteiger partial charge is 0.333 e. The Hall–Kier alpha value is -1.78. The Kier molecular flexibility index (Phi) is 5.36. The molecule has 0 spiro atoms. The molecule has 0 saturated heterocycles. The monoisotopic (exact) mass is 280 g/mol. The van der Waals surface area contributed by atoms with Gasteiger partial charge >= 0.3 is 5.69 Å². The third-order valence-electron chi connectivity index (χ3n) is 3.54. The van der Waals surface area contributed by atoms with Crippen molar-refractivity contribution in [2.24, 2.45) is 0 Å². The fourth-order valence-electron chi connectivity index (χ4n) is 1.91. The van der Waals surface area contributed by atoms with E-state index >= 15 is 0 Å². The molecule has 0 aliphatic rings. The molecule has 0 radical (unpaired) electrons. The minimum Gasteiger partial charge on any atom is -0.484 e. The maximum atomic E-state index is 11.4. The van der Waals surface area contributed by atoms with Gasteiger partial charge in [0.2, 0.25) is 0 Å². The average Bonchev–Trinajstić information content (AvgIpc) is 2.37. The number of rotatable bonds is 7. The van der Waals surface area contributed by atoms with Crippen molar-refractivity contribution in [2.45, 2.75) is 59.1 Å². The summed E-state index contributed by atoms with van der Waals surface area (Å²) in [5.74, 6) is 0.310. The van der Waals surface area contributed by atoms with E-state index in [1.807, 2.05) is 13.8 Å². The highest BCUT2D eigenvalue weighted by atomic mass is 16.6. The average molecular weight is 280 g/mol. The lowest BCUT2D eigenvalue weighted by molar-refractivity contribution is -0.385. The Morgan fingerprint density at radius 1 is 1.35 bits per heavy atom. The Balaban J connectivity index is 3.22. The standard InChI is InChI=1S/C15H24N2O3/c1-6-15(5,7-2)16-12-9-8-10-13(20-11(3)4)14(12)17(18)19/h8-11,16H,6-7H2,1-5H3. The van der Waals surface area contributed by atoms with Gasteiger partial charge in [-0.1, -0.05) is 19.9 Å². The third-order valence-corrected chi connectivity index (χ3v) is 3.54. The predicted octanol–water partition coefficient (Wildman–Crippen LogP) is 4.37. The lowest BCUT2D eigenvalue weighted by Gasteiger charge is -2.29. The van der Waals surface area contributed by atoms with E-state index in [4.69, 9.17) is 4.74 Å². The lowest BCUT2D eigenvalue weighted by Crippen LogP contribution is -2.33. The zero-order valence-corrected chi connectivity index (χ0v) is 12.9. The minimum atomic E-state index is -0.383. The zero-order chi connectivity index (χ0) is 15.3. The number of benzene rings is 1. The van der Waals surface area contributed by atoms with Gasteiger partial charge < -0.3 is 10.1 Å². The van der Waals surface area contributed by atoms with Crippen molar-refractivity contribution in [1.82, 2.24) is 0 Å². The summed E-state index contributed by atoms with van der Waals surface area (Å²) in [6.45, 7) is 9.90. The highest BCUT2D eigenvalue weighted by Crippen LogP contribution is 2.37. The van der Waals surface area contributed by atoms with Crippen molar-refractivity contribution in [2.75, 3.05) is 5.32 Å². The molecule has 1 N–H and O–H groups in total. The van der Waals surface area contributed by atoms with Gasteiger partial charge in [-0.2, -0.15) is 0 Å². The molecule has 1 rings (SSSR count). The Bertz CT molecular complexity index is 468. The molecular formula is C15H24N2O3. The van der Waals surface area contributed by atoms with Gasteiger partial charge in [-0.25, -0.2) is 0 Å². The first-order chi connectivity index (χ1) is 9.33. The van der Waals surface area contributed by atoms with Gasteiger partial charge in [-0.15, -0.1) is 0 Å². The van der Waals surface area contributed by atoms with Crippen LogP contribution in [-0.4, -0.2) is 16.6 Å². The number of ether oxygens (including phenoxy) is 1. The first-order valence-corrected chi connectivity index (χ1v) is 7.05. The molecule has 5 heteroatoms. The van der Waals surface area contributed by atoms with Crippen LogP contribution in [0.4, 0.5) is 11.4 Å². The van der Waals surface area contributed by atoms with Gasteiger partial charge in [0.15, 0.2) is 5.75 Å². The van der Waals surface area contributed by atoms with Crippen molar-refractivity contribution in [1.29, 1.82) is 0 Å². The van der Waals surface area contributed by atoms with E-state index in [1.165, 1.54) is 0 Å². The van der Waals surface area contributed by atoms with E-state index in [9.17, 15) is 10.1 Å². The molecule has 1 aromatic rings. The molecule has 0 saturated carbocycles. The number of hydrogen-bond donors (Lipinski definition) is 1. The number of hydrogen-bond acceptors (Lipinski definition) is 4. The maximum Gasteiger partial charge on any atom is 0.333 e. The first-order valence-electron chi connectivity index (χ1n) is 7.05. The van der Waals surface area contributed by atoms with Crippen LogP contribution in [0.3, 0.4) is 0 Å². The van der Waals surface area contributed by atoms with Gasteiger partial charge in [-0.3, -0.25) is 10.1 Å². The molecule has 0 heterocycles. The molecule has 0 bridgehead atoms. The number of anilines is 1. The van der Waals surface area contributed by atoms with E-state index in [0.29, 0.717) is 11.4 Å². The van der Waals surface area contributed by atoms with Crippen molar-refractivity contribution >= 4 is 11.4 Å². The van der Waals surface area contributed by atoms with E-state index in [-0.39, 0.29) is 22.3 Å². The summed E-state index contributed by atoms with van der Waals surface area (Å²) >= 11 is 0. The number of nitro groups is 1. The SMILES string of the molecule is CCC(C)(CC)Nc1cccc(OC(C)C)c1[N+](=O)[O-]. The van der Waals surface area contributed by atoms with Crippen LogP contribution in [-0.2, 0) is 0 Å². The Morgan fingerprint density at radius 2 is 1.95 bits per heavy atom. The van der Waals surface area contributed by atoms with Crippen LogP contribution in [0.2, 0.25) is 0 Å². The fourth-order valence-corrected chi connectivity index (χ4v) is 1.91. The first kappa shape index (κ1) is 16.3. The summed E-state index contributed by atoms with van der Waals surface area (Å²) in [4.78, 5) is 11.0. The second-order valence-electron chi connectivity index (χ2n) is 5.47. The van der Waals surface area contributed by atoms with Crippen LogP contribution in [0, 0.1) is 10.1 Å². The number of nitro benzene ring substituents is 1. The molecule has 112 valence electrons. The van der Waals surface area contributed by atoms with Crippen LogP contribution >= 0.6 is 0 Å². The molecule has 5 nitrogen and oxygen atoms in total. The second-order valence-corrected chi connectivity index (χ2v) is 5.47. The molecule has 20 heavy (non-hydrogen) atoms. The highest BCUT2D eigenvalue weighted by molar-refractivity contribution is 5.69. The Morgan fingerprint density at radius 3 is 2.40 bits per heavy atom. The second kappa shape index (κ2) is 6.59. The van der Waals surface area contributed by atoms with E-state index < -0.39 is 0 Å². The molecule has 0 amide bonds. The van der Waals surface area contributed by atoms with Crippen LogP contribution in [0.15, 0.2) is 18.2 Å². The summed E-state index contributed by atoms with van der Waals surface area (Å²) in [6.07, 6.45) is 1.67. The molecule has 1 aromatic carbocycles. The molecule has 0 unspecified atom stereocenters. The molecule has 0 fully saturated rings. The summed E-state index contributed by atoms with van der Waals surface area (Å²) in [7, 11) is 0. The van der Waals surface area contributed by atoms with Gasteiger partial charge in [0.1, 0.15) is 5.69 Å². The van der Waals surface area contributed by atoms with Crippen molar-refractivity contribution in [3.8, 4) is 5.75 Å². The van der Waals surface area contributed by atoms with Crippen molar-refractivity contribution in [3.05, 3.63) is 28.3 Å². The lowest BCUT2D eigenvalue weighted by atomic mass is 9.95. The predicted molar refractivity (Wildman–Crippen MR) is 81.5 cm³/mol. The van der Waals surface area contributed by atoms with E-state index in [0.717, 1.165) is 12.8 Å². The molecule has 0 aromatic heterocycles. The highest BCUT2D eigenvalue weighted by Gasteiger charge is 2.27. The summed E-state index contributed by atoms with van der Waals surface area (Å²) in [6, 6.07) is 5.15. The summed E-state index contributed by atoms with van der Waals surface area (Å²) < 4.78 is 5.55. The molecule has 0 aliphatic heterocycles. The van der Waals surface area contributed by atoms with Gasteiger partial charge in [-0.05, 0) is 45.7 Å². The third kappa shape index (κ3) is 3.85. The maximum absolute atomic E-state index is 11.4. The number of nitrogens with one attached hydrogen (secondary N) is 1.